The predicted molar refractivity (Wildman–Crippen MR) is 118 cm³/mol. The van der Waals surface area contributed by atoms with Crippen LogP contribution in [0.3, 0.4) is 0 Å². The zero-order valence-electron chi connectivity index (χ0n) is 16.1. The number of carbonyl (C=O) groups is 1. The van der Waals surface area contributed by atoms with E-state index in [4.69, 9.17) is 0 Å². The lowest BCUT2D eigenvalue weighted by atomic mass is 9.89. The van der Waals surface area contributed by atoms with Crippen LogP contribution in [-0.2, 0) is 24.2 Å². The van der Waals surface area contributed by atoms with Crippen LogP contribution in [0.15, 0.2) is 53.6 Å². The molecular weight excluding hydrogens is 382 g/mol. The standard InChI is InChI=1S/C23H21N3O2S/c1-14-9-10-17-19(11-14)29-22-21(17)23(28)26(13-24-22)12-20(27)25-18-8-4-6-15-5-2-3-7-16(15)18/h2-8,13-14H,9-12H2,1H3,(H,25,27)/t14-/m1/s1. The fourth-order valence-corrected chi connectivity index (χ4v) is 5.50. The lowest BCUT2D eigenvalue weighted by Gasteiger charge is -2.17. The van der Waals surface area contributed by atoms with Crippen LogP contribution in [-0.4, -0.2) is 15.5 Å². The molecule has 5 nitrogen and oxygen atoms in total. The third-order valence-electron chi connectivity index (χ3n) is 5.66. The molecule has 0 saturated heterocycles. The summed E-state index contributed by atoms with van der Waals surface area (Å²) in [7, 11) is 0. The van der Waals surface area contributed by atoms with Gasteiger partial charge in [0, 0.05) is 16.0 Å². The quantitative estimate of drug-likeness (QED) is 0.552. The van der Waals surface area contributed by atoms with Gasteiger partial charge in [0.05, 0.1) is 11.7 Å². The van der Waals surface area contributed by atoms with Gasteiger partial charge in [0.15, 0.2) is 0 Å². The Balaban J connectivity index is 1.45. The summed E-state index contributed by atoms with van der Waals surface area (Å²) >= 11 is 1.62. The van der Waals surface area contributed by atoms with E-state index < -0.39 is 0 Å². The summed E-state index contributed by atoms with van der Waals surface area (Å²) in [5.41, 5.74) is 1.77. The third-order valence-corrected chi connectivity index (χ3v) is 6.82. The van der Waals surface area contributed by atoms with E-state index >= 15 is 0 Å². The van der Waals surface area contributed by atoms with Crippen LogP contribution >= 0.6 is 11.3 Å². The molecule has 0 aliphatic heterocycles. The number of hydrogen-bond acceptors (Lipinski definition) is 4. The van der Waals surface area contributed by atoms with Crippen molar-refractivity contribution in [2.24, 2.45) is 5.92 Å². The van der Waals surface area contributed by atoms with Crippen molar-refractivity contribution in [3.8, 4) is 0 Å². The van der Waals surface area contributed by atoms with Crippen LogP contribution in [0.2, 0.25) is 0 Å². The topological polar surface area (TPSA) is 64.0 Å². The molecule has 2 aromatic carbocycles. The van der Waals surface area contributed by atoms with Gasteiger partial charge in [-0.3, -0.25) is 14.2 Å². The van der Waals surface area contributed by atoms with Gasteiger partial charge in [-0.05, 0) is 42.2 Å². The minimum absolute atomic E-state index is 0.0496. The number of rotatable bonds is 3. The Hall–Kier alpha value is -2.99. The number of amides is 1. The molecular formula is C23H21N3O2S. The number of carbonyl (C=O) groups excluding carboxylic acids is 1. The maximum absolute atomic E-state index is 13.1. The van der Waals surface area contributed by atoms with E-state index in [9.17, 15) is 9.59 Å². The van der Waals surface area contributed by atoms with Gasteiger partial charge in [-0.2, -0.15) is 0 Å². The molecule has 0 fully saturated rings. The van der Waals surface area contributed by atoms with Gasteiger partial charge in [0.1, 0.15) is 11.4 Å². The van der Waals surface area contributed by atoms with Gasteiger partial charge in [-0.25, -0.2) is 4.98 Å². The van der Waals surface area contributed by atoms with Gasteiger partial charge in [0.2, 0.25) is 5.91 Å². The molecule has 0 saturated carbocycles. The van der Waals surface area contributed by atoms with Gasteiger partial charge in [-0.1, -0.05) is 43.3 Å². The Morgan fingerprint density at radius 2 is 2.07 bits per heavy atom. The molecule has 5 rings (SSSR count). The predicted octanol–water partition coefficient (Wildman–Crippen LogP) is 4.37. The first-order valence-corrected chi connectivity index (χ1v) is 10.7. The average Bonchev–Trinajstić information content (AvgIpc) is 3.08. The van der Waals surface area contributed by atoms with Crippen molar-refractivity contribution in [1.82, 2.24) is 9.55 Å². The third kappa shape index (κ3) is 3.23. The Morgan fingerprint density at radius 1 is 1.24 bits per heavy atom. The maximum Gasteiger partial charge on any atom is 0.262 e. The second-order valence-electron chi connectivity index (χ2n) is 7.78. The molecule has 29 heavy (non-hydrogen) atoms. The number of thiophene rings is 1. The molecule has 2 heterocycles. The first kappa shape index (κ1) is 18.1. The summed E-state index contributed by atoms with van der Waals surface area (Å²) in [4.78, 5) is 32.3. The number of nitrogens with zero attached hydrogens (tertiary/aromatic N) is 2. The largest absolute Gasteiger partial charge is 0.324 e. The van der Waals surface area contributed by atoms with Crippen molar-refractivity contribution in [2.45, 2.75) is 32.7 Å². The summed E-state index contributed by atoms with van der Waals surface area (Å²) in [6.45, 7) is 2.20. The van der Waals surface area contributed by atoms with Gasteiger partial charge in [-0.15, -0.1) is 11.3 Å². The molecule has 0 unspecified atom stereocenters. The number of hydrogen-bond donors (Lipinski definition) is 1. The second kappa shape index (κ2) is 7.12. The van der Waals surface area contributed by atoms with Gasteiger partial charge >= 0.3 is 0 Å². The summed E-state index contributed by atoms with van der Waals surface area (Å²) in [5.74, 6) is 0.409. The number of nitrogens with one attached hydrogen (secondary N) is 1. The highest BCUT2D eigenvalue weighted by atomic mass is 32.1. The summed E-state index contributed by atoms with van der Waals surface area (Å²) < 4.78 is 1.42. The minimum atomic E-state index is -0.234. The molecule has 2 aromatic heterocycles. The van der Waals surface area contributed by atoms with Crippen molar-refractivity contribution in [3.63, 3.8) is 0 Å². The molecule has 1 N–H and O–H groups in total. The van der Waals surface area contributed by atoms with E-state index in [-0.39, 0.29) is 18.0 Å². The molecule has 146 valence electrons. The van der Waals surface area contributed by atoms with E-state index in [2.05, 4.69) is 17.2 Å². The second-order valence-corrected chi connectivity index (χ2v) is 8.87. The molecule has 0 bridgehead atoms. The lowest BCUT2D eigenvalue weighted by Crippen LogP contribution is -2.28. The first-order valence-electron chi connectivity index (χ1n) is 9.87. The van der Waals surface area contributed by atoms with E-state index in [0.717, 1.165) is 46.1 Å². The SMILES string of the molecule is C[C@@H]1CCc2c(sc3ncn(CC(=O)Nc4cccc5ccccc45)c(=O)c23)C1. The molecule has 0 radical (unpaired) electrons. The molecule has 4 aromatic rings. The van der Waals surface area contributed by atoms with Crippen LogP contribution in [0.25, 0.3) is 21.0 Å². The molecule has 1 atom stereocenters. The Morgan fingerprint density at radius 3 is 2.97 bits per heavy atom. The Bertz CT molecular complexity index is 1300. The van der Waals surface area contributed by atoms with Crippen LogP contribution in [0.4, 0.5) is 5.69 Å². The van der Waals surface area contributed by atoms with Crippen molar-refractivity contribution in [3.05, 3.63) is 69.6 Å². The summed E-state index contributed by atoms with van der Waals surface area (Å²) in [6, 6.07) is 13.7. The molecule has 1 aliphatic rings. The van der Waals surface area contributed by atoms with E-state index in [1.54, 1.807) is 11.3 Å². The van der Waals surface area contributed by atoms with Gasteiger partial charge < -0.3 is 5.32 Å². The van der Waals surface area contributed by atoms with E-state index in [1.807, 2.05) is 42.5 Å². The van der Waals surface area contributed by atoms with Crippen molar-refractivity contribution >= 4 is 43.9 Å². The minimum Gasteiger partial charge on any atom is -0.324 e. The summed E-state index contributed by atoms with van der Waals surface area (Å²) in [6.07, 6.45) is 4.52. The molecule has 0 spiro atoms. The van der Waals surface area contributed by atoms with Crippen LogP contribution in [0.5, 0.6) is 0 Å². The maximum atomic E-state index is 13.1. The smallest absolute Gasteiger partial charge is 0.262 e. The fraction of sp³-hybridized carbons (Fsp3) is 0.261. The molecule has 1 amide bonds. The van der Waals surface area contributed by atoms with Gasteiger partial charge in [0.25, 0.3) is 5.56 Å². The highest BCUT2D eigenvalue weighted by Gasteiger charge is 2.23. The number of benzene rings is 2. The number of aromatic nitrogens is 2. The van der Waals surface area contributed by atoms with E-state index in [0.29, 0.717) is 11.3 Å². The van der Waals surface area contributed by atoms with Crippen molar-refractivity contribution in [2.75, 3.05) is 5.32 Å². The number of fused-ring (bicyclic) bond motifs is 4. The lowest BCUT2D eigenvalue weighted by molar-refractivity contribution is -0.116. The van der Waals surface area contributed by atoms with Crippen LogP contribution < -0.4 is 10.9 Å². The molecule has 1 aliphatic carbocycles. The monoisotopic (exact) mass is 403 g/mol. The fourth-order valence-electron chi connectivity index (χ4n) is 4.16. The first-order chi connectivity index (χ1) is 14.1. The highest BCUT2D eigenvalue weighted by molar-refractivity contribution is 7.18. The average molecular weight is 404 g/mol. The normalized spacial score (nSPS) is 16.1. The van der Waals surface area contributed by atoms with Crippen molar-refractivity contribution < 1.29 is 4.79 Å². The zero-order chi connectivity index (χ0) is 20.0. The number of aryl methyl sites for hydroxylation is 1. The Labute approximate surface area is 172 Å². The van der Waals surface area contributed by atoms with E-state index in [1.165, 1.54) is 15.8 Å². The van der Waals surface area contributed by atoms with Crippen LogP contribution in [0, 0.1) is 5.92 Å². The van der Waals surface area contributed by atoms with Crippen LogP contribution in [0.1, 0.15) is 23.8 Å². The Kier molecular flexibility index (Phi) is 4.43. The highest BCUT2D eigenvalue weighted by Crippen LogP contribution is 2.35. The number of anilines is 1. The van der Waals surface area contributed by atoms with Crippen molar-refractivity contribution in [1.29, 1.82) is 0 Å². The molecule has 6 heteroatoms. The summed E-state index contributed by atoms with van der Waals surface area (Å²) in [5, 5.41) is 5.69. The zero-order valence-corrected chi connectivity index (χ0v) is 17.0.